The van der Waals surface area contributed by atoms with Crippen LogP contribution < -0.4 is 5.32 Å². The van der Waals surface area contributed by atoms with Crippen LogP contribution in [-0.2, 0) is 9.05 Å². The van der Waals surface area contributed by atoms with Crippen molar-refractivity contribution >= 4 is 41.6 Å². The van der Waals surface area contributed by atoms with Gasteiger partial charge in [0, 0.05) is 27.3 Å². The molecule has 0 unspecified atom stereocenters. The van der Waals surface area contributed by atoms with Gasteiger partial charge in [-0.3, -0.25) is 4.79 Å². The zero-order valence-corrected chi connectivity index (χ0v) is 12.4. The van der Waals surface area contributed by atoms with Crippen LogP contribution in [0.15, 0.2) is 21.5 Å². The van der Waals surface area contributed by atoms with Gasteiger partial charge in [0.25, 0.3) is 15.0 Å². The number of carbonyl (C=O) groups excluding carboxylic acids is 1. The maximum atomic E-state index is 11.7. The molecule has 0 aliphatic heterocycles. The minimum absolute atomic E-state index is 0.0604. The van der Waals surface area contributed by atoms with Crippen LogP contribution in [0.2, 0.25) is 0 Å². The van der Waals surface area contributed by atoms with Gasteiger partial charge in [0.1, 0.15) is 0 Å². The topological polar surface area (TPSA) is 63.2 Å². The van der Waals surface area contributed by atoms with E-state index in [-0.39, 0.29) is 10.8 Å². The van der Waals surface area contributed by atoms with Crippen LogP contribution in [0.25, 0.3) is 0 Å². The first kappa shape index (κ1) is 14.5. The maximum Gasteiger partial charge on any atom is 0.261 e. The predicted octanol–water partition coefficient (Wildman–Crippen LogP) is 2.43. The fourth-order valence-electron chi connectivity index (χ4n) is 1.40. The second-order valence-corrected chi connectivity index (χ2v) is 6.82. The third-order valence-corrected chi connectivity index (χ3v) is 4.08. The molecule has 7 heteroatoms. The average molecular weight is 341 g/mol. The molecule has 4 nitrogen and oxygen atoms in total. The van der Waals surface area contributed by atoms with Gasteiger partial charge in [-0.25, -0.2) is 8.42 Å². The molecule has 0 spiro atoms. The van der Waals surface area contributed by atoms with Gasteiger partial charge in [0.2, 0.25) is 0 Å². The molecule has 1 N–H and O–H groups in total. The Labute approximate surface area is 113 Å². The summed E-state index contributed by atoms with van der Waals surface area (Å²) in [5.41, 5.74) is 0.634. The van der Waals surface area contributed by atoms with Crippen LogP contribution in [0.4, 0.5) is 0 Å². The van der Waals surface area contributed by atoms with Gasteiger partial charge in [-0.15, -0.1) is 0 Å². The molecule has 1 rings (SSSR count). The van der Waals surface area contributed by atoms with Crippen LogP contribution in [0.5, 0.6) is 0 Å². The number of carbonyl (C=O) groups is 1. The van der Waals surface area contributed by atoms with E-state index in [1.807, 2.05) is 0 Å². The fourth-order valence-corrected chi connectivity index (χ4v) is 3.23. The van der Waals surface area contributed by atoms with Gasteiger partial charge >= 0.3 is 0 Å². The molecule has 0 aliphatic rings. The van der Waals surface area contributed by atoms with Gasteiger partial charge in [0.05, 0.1) is 4.90 Å². The van der Waals surface area contributed by atoms with E-state index in [1.54, 1.807) is 19.9 Å². The molecule has 0 heterocycles. The maximum absolute atomic E-state index is 11.7. The monoisotopic (exact) mass is 339 g/mol. The minimum atomic E-state index is -3.86. The summed E-state index contributed by atoms with van der Waals surface area (Å²) in [6, 6.07) is 2.94. The number of hydrogen-bond donors (Lipinski definition) is 1. The van der Waals surface area contributed by atoms with Crippen molar-refractivity contribution in [2.24, 2.45) is 0 Å². The lowest BCUT2D eigenvalue weighted by Gasteiger charge is -2.10. The van der Waals surface area contributed by atoms with E-state index in [0.717, 1.165) is 0 Å². The van der Waals surface area contributed by atoms with Crippen LogP contribution in [-0.4, -0.2) is 20.9 Å². The Kier molecular flexibility index (Phi) is 4.57. The van der Waals surface area contributed by atoms with Gasteiger partial charge in [-0.05, 0) is 31.5 Å². The molecule has 0 saturated heterocycles. The zero-order chi connectivity index (χ0) is 13.2. The van der Waals surface area contributed by atoms with E-state index in [1.165, 1.54) is 6.07 Å². The third kappa shape index (κ3) is 3.43. The van der Waals surface area contributed by atoms with E-state index < -0.39 is 9.05 Å². The van der Waals surface area contributed by atoms with Crippen LogP contribution in [0.1, 0.15) is 22.8 Å². The zero-order valence-electron chi connectivity index (χ0n) is 9.25. The Morgan fingerprint density at radius 3 is 2.53 bits per heavy atom. The van der Waals surface area contributed by atoms with Crippen LogP contribution in [0, 0.1) is 6.92 Å². The molecule has 17 heavy (non-hydrogen) atoms. The molecule has 0 aromatic heterocycles. The van der Waals surface area contributed by atoms with Crippen molar-refractivity contribution in [3.05, 3.63) is 27.7 Å². The number of hydrogen-bond acceptors (Lipinski definition) is 3. The van der Waals surface area contributed by atoms with E-state index in [0.29, 0.717) is 22.1 Å². The molecule has 0 atom stereocenters. The molecule has 0 bridgehead atoms. The van der Waals surface area contributed by atoms with Gasteiger partial charge in [-0.2, -0.15) is 0 Å². The number of halogens is 2. The quantitative estimate of drug-likeness (QED) is 0.860. The number of amides is 1. The second kappa shape index (κ2) is 5.37. The normalized spacial score (nSPS) is 11.3. The van der Waals surface area contributed by atoms with Crippen molar-refractivity contribution in [1.82, 2.24) is 5.32 Å². The Hall–Kier alpha value is -0.590. The lowest BCUT2D eigenvalue weighted by Crippen LogP contribution is -2.24. The highest BCUT2D eigenvalue weighted by Gasteiger charge is 2.20. The van der Waals surface area contributed by atoms with Crippen molar-refractivity contribution < 1.29 is 13.2 Å². The first-order chi connectivity index (χ1) is 7.77. The van der Waals surface area contributed by atoms with Gasteiger partial charge in [-0.1, -0.05) is 15.9 Å². The summed E-state index contributed by atoms with van der Waals surface area (Å²) in [6.07, 6.45) is 0. The predicted molar refractivity (Wildman–Crippen MR) is 69.9 cm³/mol. The average Bonchev–Trinajstić information content (AvgIpc) is 2.19. The minimum Gasteiger partial charge on any atom is -0.352 e. The molecule has 1 aromatic carbocycles. The third-order valence-electron chi connectivity index (χ3n) is 2.17. The summed E-state index contributed by atoms with van der Waals surface area (Å²) in [4.78, 5) is 11.7. The summed E-state index contributed by atoms with van der Waals surface area (Å²) >= 11 is 3.16. The first-order valence-corrected chi connectivity index (χ1v) is 7.90. The largest absolute Gasteiger partial charge is 0.352 e. The van der Waals surface area contributed by atoms with E-state index in [4.69, 9.17) is 10.7 Å². The molecular weight excluding hydrogens is 330 g/mol. The van der Waals surface area contributed by atoms with Gasteiger partial charge in [0.15, 0.2) is 0 Å². The molecule has 1 amide bonds. The highest BCUT2D eigenvalue weighted by Crippen LogP contribution is 2.27. The Morgan fingerprint density at radius 2 is 2.06 bits per heavy atom. The summed E-state index contributed by atoms with van der Waals surface area (Å²) in [6.45, 7) is 3.80. The number of nitrogens with one attached hydrogen (secondary N) is 1. The Balaban J connectivity index is 3.44. The van der Waals surface area contributed by atoms with E-state index in [2.05, 4.69) is 21.2 Å². The van der Waals surface area contributed by atoms with Crippen molar-refractivity contribution in [3.63, 3.8) is 0 Å². The smallest absolute Gasteiger partial charge is 0.261 e. The Morgan fingerprint density at radius 1 is 1.47 bits per heavy atom. The first-order valence-electron chi connectivity index (χ1n) is 4.80. The SMILES string of the molecule is CCNC(=O)c1cc(Br)cc(S(=O)(=O)Cl)c1C. The summed E-state index contributed by atoms with van der Waals surface area (Å²) in [5, 5.41) is 2.61. The lowest BCUT2D eigenvalue weighted by molar-refractivity contribution is 0.0955. The molecule has 0 fully saturated rings. The summed E-state index contributed by atoms with van der Waals surface area (Å²) in [7, 11) is 1.44. The lowest BCUT2D eigenvalue weighted by atomic mass is 10.1. The highest BCUT2D eigenvalue weighted by atomic mass is 79.9. The molecular formula is C10H11BrClNO3S. The van der Waals surface area contributed by atoms with Crippen molar-refractivity contribution in [2.45, 2.75) is 18.7 Å². The van der Waals surface area contributed by atoms with E-state index >= 15 is 0 Å². The summed E-state index contributed by atoms with van der Waals surface area (Å²) in [5.74, 6) is -0.326. The molecule has 94 valence electrons. The van der Waals surface area contributed by atoms with Gasteiger partial charge < -0.3 is 5.32 Å². The fraction of sp³-hybridized carbons (Fsp3) is 0.300. The standard InChI is InChI=1S/C10H11BrClNO3S/c1-3-13-10(14)8-4-7(11)5-9(6(8)2)17(12,15)16/h4-5H,3H2,1-2H3,(H,13,14). The molecule has 0 aliphatic carbocycles. The molecule has 0 saturated carbocycles. The van der Waals surface area contributed by atoms with Crippen LogP contribution >= 0.6 is 26.6 Å². The highest BCUT2D eigenvalue weighted by molar-refractivity contribution is 9.10. The van der Waals surface area contributed by atoms with Crippen molar-refractivity contribution in [3.8, 4) is 0 Å². The summed E-state index contributed by atoms with van der Waals surface area (Å²) < 4.78 is 23.2. The van der Waals surface area contributed by atoms with Crippen molar-refractivity contribution in [2.75, 3.05) is 6.54 Å². The van der Waals surface area contributed by atoms with Crippen LogP contribution in [0.3, 0.4) is 0 Å². The van der Waals surface area contributed by atoms with Crippen molar-refractivity contribution in [1.29, 1.82) is 0 Å². The van der Waals surface area contributed by atoms with E-state index in [9.17, 15) is 13.2 Å². The number of benzene rings is 1. The number of rotatable bonds is 3. The Bertz CT molecular complexity index is 557. The molecule has 0 radical (unpaired) electrons. The molecule has 1 aromatic rings. The second-order valence-electron chi connectivity index (χ2n) is 3.37.